The molecule has 9 heteroatoms. The fraction of sp³-hybridized carbons (Fsp3) is 0.750. The number of thiazole rings is 1. The van der Waals surface area contributed by atoms with E-state index in [1.807, 2.05) is 17.2 Å². The molecule has 0 radical (unpaired) electrons. The van der Waals surface area contributed by atoms with Crippen LogP contribution < -0.4 is 4.72 Å². The highest BCUT2D eigenvalue weighted by atomic mass is 32.2. The van der Waals surface area contributed by atoms with Crippen molar-refractivity contribution in [1.82, 2.24) is 18.9 Å². The minimum Gasteiger partial charge on any atom is -0.290 e. The summed E-state index contributed by atoms with van der Waals surface area (Å²) in [5.74, 6) is 0. The fourth-order valence-corrected chi connectivity index (χ4v) is 3.83. The predicted molar refractivity (Wildman–Crippen MR) is 81.2 cm³/mol. The summed E-state index contributed by atoms with van der Waals surface area (Å²) in [6.07, 6.45) is -0.562. The SMILES string of the molecule is CNS(=O)(=O)N(C)C[C@@H]1C[C@H](F)CN1Cc1csc(C)n1. The number of rotatable bonds is 6. The Kier molecular flexibility index (Phi) is 5.31. The zero-order chi connectivity index (χ0) is 15.6. The van der Waals surface area contributed by atoms with E-state index in [9.17, 15) is 12.8 Å². The predicted octanol–water partition coefficient (Wildman–Crippen LogP) is 0.760. The number of aryl methyl sites for hydroxylation is 1. The second-order valence-electron chi connectivity index (χ2n) is 5.26. The molecule has 1 aliphatic rings. The van der Waals surface area contributed by atoms with Crippen molar-refractivity contribution in [3.63, 3.8) is 0 Å². The normalized spacial score (nSPS) is 24.0. The first kappa shape index (κ1) is 16.8. The molecule has 0 saturated carbocycles. The zero-order valence-corrected chi connectivity index (χ0v) is 14.0. The highest BCUT2D eigenvalue weighted by molar-refractivity contribution is 7.87. The lowest BCUT2D eigenvalue weighted by atomic mass is 10.2. The van der Waals surface area contributed by atoms with E-state index in [-0.39, 0.29) is 12.6 Å². The van der Waals surface area contributed by atoms with Crippen molar-refractivity contribution < 1.29 is 12.8 Å². The second-order valence-corrected chi connectivity index (χ2v) is 8.31. The van der Waals surface area contributed by atoms with E-state index in [1.54, 1.807) is 11.3 Å². The molecule has 2 rings (SSSR count). The Morgan fingerprint density at radius 2 is 2.33 bits per heavy atom. The maximum atomic E-state index is 13.7. The van der Waals surface area contributed by atoms with Crippen molar-refractivity contribution in [1.29, 1.82) is 0 Å². The molecule has 2 heterocycles. The van der Waals surface area contributed by atoms with Crippen LogP contribution in [0.5, 0.6) is 0 Å². The molecule has 2 atom stereocenters. The van der Waals surface area contributed by atoms with E-state index in [2.05, 4.69) is 9.71 Å². The van der Waals surface area contributed by atoms with Crippen LogP contribution in [-0.2, 0) is 16.8 Å². The average molecular weight is 336 g/mol. The molecule has 0 amide bonds. The summed E-state index contributed by atoms with van der Waals surface area (Å²) in [6, 6.07) is -0.130. The smallest absolute Gasteiger partial charge is 0.278 e. The number of likely N-dealkylation sites (N-methyl/N-ethyl adjacent to an activating group) is 1. The summed E-state index contributed by atoms with van der Waals surface area (Å²) in [6.45, 7) is 3.09. The number of nitrogens with one attached hydrogen (secondary N) is 1. The standard InChI is InChI=1S/C12H21FN4O2S2/c1-9-15-11(8-20-9)6-17-5-10(13)4-12(17)7-16(3)21(18,19)14-2/h8,10,12,14H,4-7H2,1-3H3/t10-,12-/m0/s1. The summed E-state index contributed by atoms with van der Waals surface area (Å²) >= 11 is 1.56. The lowest BCUT2D eigenvalue weighted by molar-refractivity contribution is 0.212. The third-order valence-corrected chi connectivity index (χ3v) is 5.95. The number of aromatic nitrogens is 1. The van der Waals surface area contributed by atoms with Crippen LogP contribution in [0.25, 0.3) is 0 Å². The summed E-state index contributed by atoms with van der Waals surface area (Å²) < 4.78 is 40.7. The topological polar surface area (TPSA) is 65.5 Å². The maximum absolute atomic E-state index is 13.7. The molecule has 1 saturated heterocycles. The van der Waals surface area contributed by atoms with E-state index in [4.69, 9.17) is 0 Å². The first-order valence-corrected chi connectivity index (χ1v) is 9.07. The molecule has 0 aliphatic carbocycles. The second kappa shape index (κ2) is 6.66. The first-order valence-electron chi connectivity index (χ1n) is 6.75. The van der Waals surface area contributed by atoms with Gasteiger partial charge >= 0.3 is 0 Å². The molecule has 21 heavy (non-hydrogen) atoms. The number of hydrogen-bond acceptors (Lipinski definition) is 5. The fourth-order valence-electron chi connectivity index (χ4n) is 2.55. The molecule has 1 aliphatic heterocycles. The van der Waals surface area contributed by atoms with Gasteiger partial charge in [-0.25, -0.2) is 14.1 Å². The Bertz CT molecular complexity index is 578. The molecular formula is C12H21FN4O2S2. The van der Waals surface area contributed by atoms with Crippen LogP contribution in [0.4, 0.5) is 4.39 Å². The number of hydrogen-bond donors (Lipinski definition) is 1. The molecule has 0 bridgehead atoms. The van der Waals surface area contributed by atoms with Gasteiger partial charge in [0, 0.05) is 45.2 Å². The van der Waals surface area contributed by atoms with Crippen molar-refractivity contribution in [2.75, 3.05) is 27.2 Å². The van der Waals surface area contributed by atoms with Gasteiger partial charge < -0.3 is 0 Å². The molecule has 120 valence electrons. The van der Waals surface area contributed by atoms with Gasteiger partial charge in [-0.1, -0.05) is 0 Å². The van der Waals surface area contributed by atoms with Gasteiger partial charge in [-0.2, -0.15) is 12.7 Å². The molecule has 1 fully saturated rings. The van der Waals surface area contributed by atoms with Crippen LogP contribution in [-0.4, -0.2) is 62.0 Å². The van der Waals surface area contributed by atoms with E-state index >= 15 is 0 Å². The molecule has 0 unspecified atom stereocenters. The van der Waals surface area contributed by atoms with Crippen LogP contribution >= 0.6 is 11.3 Å². The van der Waals surface area contributed by atoms with Gasteiger partial charge in [-0.15, -0.1) is 11.3 Å². The quantitative estimate of drug-likeness (QED) is 0.833. The molecule has 1 aromatic rings. The third-order valence-electron chi connectivity index (χ3n) is 3.64. The Labute approximate surface area is 129 Å². The number of halogens is 1. The molecule has 0 aromatic carbocycles. The average Bonchev–Trinajstić information content (AvgIpc) is 2.96. The van der Waals surface area contributed by atoms with Crippen molar-refractivity contribution in [2.45, 2.75) is 32.1 Å². The molecule has 1 aromatic heterocycles. The van der Waals surface area contributed by atoms with Gasteiger partial charge in [-0.05, 0) is 13.3 Å². The third kappa shape index (κ3) is 4.19. The summed E-state index contributed by atoms with van der Waals surface area (Å²) in [7, 11) is -0.603. The highest BCUT2D eigenvalue weighted by Crippen LogP contribution is 2.24. The molecule has 1 N–H and O–H groups in total. The number of alkyl halides is 1. The van der Waals surface area contributed by atoms with Gasteiger partial charge in [0.1, 0.15) is 6.17 Å². The van der Waals surface area contributed by atoms with Gasteiger partial charge in [-0.3, -0.25) is 4.90 Å². The van der Waals surface area contributed by atoms with Crippen LogP contribution in [0.1, 0.15) is 17.1 Å². The number of nitrogens with zero attached hydrogens (tertiary/aromatic N) is 3. The summed E-state index contributed by atoms with van der Waals surface area (Å²) in [5, 5.41) is 2.94. The maximum Gasteiger partial charge on any atom is 0.278 e. The minimum absolute atomic E-state index is 0.130. The van der Waals surface area contributed by atoms with E-state index in [1.165, 1.54) is 18.4 Å². The largest absolute Gasteiger partial charge is 0.290 e. The zero-order valence-electron chi connectivity index (χ0n) is 12.4. The summed E-state index contributed by atoms with van der Waals surface area (Å²) in [4.78, 5) is 6.36. The molecule has 6 nitrogen and oxygen atoms in total. The van der Waals surface area contributed by atoms with Crippen LogP contribution in [0.15, 0.2) is 5.38 Å². The molecular weight excluding hydrogens is 315 g/mol. The van der Waals surface area contributed by atoms with Crippen molar-refractivity contribution in [3.8, 4) is 0 Å². The van der Waals surface area contributed by atoms with E-state index in [0.29, 0.717) is 19.5 Å². The van der Waals surface area contributed by atoms with E-state index in [0.717, 1.165) is 10.7 Å². The van der Waals surface area contributed by atoms with Crippen LogP contribution in [0.3, 0.4) is 0 Å². The van der Waals surface area contributed by atoms with Gasteiger partial charge in [0.05, 0.1) is 10.7 Å². The van der Waals surface area contributed by atoms with Gasteiger partial charge in [0.25, 0.3) is 10.2 Å². The minimum atomic E-state index is -3.47. The van der Waals surface area contributed by atoms with Crippen LogP contribution in [0.2, 0.25) is 0 Å². The Hall–Kier alpha value is -0.610. The van der Waals surface area contributed by atoms with Crippen molar-refractivity contribution in [2.24, 2.45) is 0 Å². The monoisotopic (exact) mass is 336 g/mol. The number of likely N-dealkylation sites (tertiary alicyclic amines) is 1. The Morgan fingerprint density at radius 3 is 2.90 bits per heavy atom. The van der Waals surface area contributed by atoms with Crippen molar-refractivity contribution in [3.05, 3.63) is 16.1 Å². The van der Waals surface area contributed by atoms with Crippen LogP contribution in [0, 0.1) is 6.92 Å². The Balaban J connectivity index is 2.03. The summed E-state index contributed by atoms with van der Waals surface area (Å²) in [5.41, 5.74) is 0.913. The lowest BCUT2D eigenvalue weighted by Gasteiger charge is -2.27. The molecule has 0 spiro atoms. The lowest BCUT2D eigenvalue weighted by Crippen LogP contribution is -2.44. The Morgan fingerprint density at radius 1 is 1.62 bits per heavy atom. The highest BCUT2D eigenvalue weighted by Gasteiger charge is 2.34. The first-order chi connectivity index (χ1) is 9.81. The van der Waals surface area contributed by atoms with Crippen molar-refractivity contribution >= 4 is 21.5 Å². The van der Waals surface area contributed by atoms with Gasteiger partial charge in [0.2, 0.25) is 0 Å². The van der Waals surface area contributed by atoms with Gasteiger partial charge in [0.15, 0.2) is 0 Å². The van der Waals surface area contributed by atoms with E-state index < -0.39 is 16.4 Å².